The summed E-state index contributed by atoms with van der Waals surface area (Å²) >= 11 is 1.91. The van der Waals surface area contributed by atoms with Gasteiger partial charge in [-0.3, -0.25) is 0 Å². The molecule has 0 aliphatic heterocycles. The highest BCUT2D eigenvalue weighted by Gasteiger charge is 2.28. The molecule has 1 aliphatic rings. The van der Waals surface area contributed by atoms with Crippen molar-refractivity contribution in [2.75, 3.05) is 6.54 Å². The molecule has 1 saturated carbocycles. The van der Waals surface area contributed by atoms with Crippen molar-refractivity contribution in [3.63, 3.8) is 0 Å². The lowest BCUT2D eigenvalue weighted by Gasteiger charge is -2.31. The smallest absolute Gasteiger partial charge is 0.0443 e. The summed E-state index contributed by atoms with van der Waals surface area (Å²) < 4.78 is 0. The normalized spacial score (nSPS) is 20.6. The van der Waals surface area contributed by atoms with Gasteiger partial charge in [0.15, 0.2) is 0 Å². The minimum atomic E-state index is 0.392. The van der Waals surface area contributed by atoms with E-state index in [-0.39, 0.29) is 0 Å². The van der Waals surface area contributed by atoms with Gasteiger partial charge >= 0.3 is 0 Å². The molecule has 108 valence electrons. The summed E-state index contributed by atoms with van der Waals surface area (Å²) in [6.45, 7) is 10.5. The molecule has 2 unspecified atom stereocenters. The minimum absolute atomic E-state index is 0.392. The van der Waals surface area contributed by atoms with Crippen LogP contribution in [-0.4, -0.2) is 6.54 Å². The van der Waals surface area contributed by atoms with Crippen molar-refractivity contribution in [3.8, 4) is 0 Å². The second kappa shape index (κ2) is 6.41. The molecule has 0 aromatic carbocycles. The molecule has 1 nitrogen and oxygen atoms in total. The van der Waals surface area contributed by atoms with Crippen LogP contribution in [0.15, 0.2) is 17.5 Å². The van der Waals surface area contributed by atoms with Gasteiger partial charge in [0.2, 0.25) is 0 Å². The zero-order valence-corrected chi connectivity index (χ0v) is 13.7. The average molecular weight is 279 g/mol. The van der Waals surface area contributed by atoms with Crippen molar-refractivity contribution in [1.82, 2.24) is 5.32 Å². The van der Waals surface area contributed by atoms with Gasteiger partial charge in [0.05, 0.1) is 0 Å². The monoisotopic (exact) mass is 279 g/mol. The van der Waals surface area contributed by atoms with Gasteiger partial charge in [0, 0.05) is 10.9 Å². The molecule has 1 heterocycles. The van der Waals surface area contributed by atoms with Gasteiger partial charge in [0.25, 0.3) is 0 Å². The van der Waals surface area contributed by atoms with Gasteiger partial charge in [-0.05, 0) is 48.1 Å². The number of rotatable bonds is 5. The first-order valence-corrected chi connectivity index (χ1v) is 8.63. The Balaban J connectivity index is 1.98. The fourth-order valence-electron chi connectivity index (χ4n) is 2.87. The van der Waals surface area contributed by atoms with Crippen LogP contribution in [0.5, 0.6) is 0 Å². The van der Waals surface area contributed by atoms with Crippen LogP contribution in [0.2, 0.25) is 0 Å². The lowest BCUT2D eigenvalue weighted by Crippen LogP contribution is -2.34. The third kappa shape index (κ3) is 4.06. The Morgan fingerprint density at radius 3 is 2.53 bits per heavy atom. The molecule has 0 spiro atoms. The lowest BCUT2D eigenvalue weighted by atomic mass is 9.81. The molecule has 2 heteroatoms. The maximum atomic E-state index is 3.88. The minimum Gasteiger partial charge on any atom is -0.309 e. The molecule has 0 saturated heterocycles. The molecular weight excluding hydrogens is 250 g/mol. The summed E-state index contributed by atoms with van der Waals surface area (Å²) in [4.78, 5) is 1.54. The molecule has 0 amide bonds. The van der Waals surface area contributed by atoms with Gasteiger partial charge < -0.3 is 5.32 Å². The first-order valence-electron chi connectivity index (χ1n) is 7.75. The SMILES string of the molecule is CC(CNC(c1cccs1)C1CCCC1)C(C)(C)C. The summed E-state index contributed by atoms with van der Waals surface area (Å²) in [5.74, 6) is 1.56. The van der Waals surface area contributed by atoms with Crippen LogP contribution in [-0.2, 0) is 0 Å². The third-order valence-corrected chi connectivity index (χ3v) is 5.80. The van der Waals surface area contributed by atoms with Crippen molar-refractivity contribution in [1.29, 1.82) is 0 Å². The van der Waals surface area contributed by atoms with Crippen LogP contribution in [0.1, 0.15) is 64.3 Å². The number of thiophene rings is 1. The Kier molecular flexibility index (Phi) is 5.08. The van der Waals surface area contributed by atoms with E-state index >= 15 is 0 Å². The van der Waals surface area contributed by atoms with Gasteiger partial charge in [-0.2, -0.15) is 0 Å². The highest BCUT2D eigenvalue weighted by Crippen LogP contribution is 2.37. The fraction of sp³-hybridized carbons (Fsp3) is 0.765. The van der Waals surface area contributed by atoms with Gasteiger partial charge in [-0.15, -0.1) is 11.3 Å². The van der Waals surface area contributed by atoms with Crippen molar-refractivity contribution < 1.29 is 0 Å². The maximum Gasteiger partial charge on any atom is 0.0443 e. The molecule has 1 aliphatic carbocycles. The zero-order chi connectivity index (χ0) is 13.9. The van der Waals surface area contributed by atoms with Gasteiger partial charge in [-0.25, -0.2) is 0 Å². The Morgan fingerprint density at radius 1 is 1.32 bits per heavy atom. The third-order valence-electron chi connectivity index (χ3n) is 4.84. The Hall–Kier alpha value is -0.340. The van der Waals surface area contributed by atoms with E-state index in [1.165, 1.54) is 30.6 Å². The van der Waals surface area contributed by atoms with E-state index in [0.717, 1.165) is 12.5 Å². The molecule has 1 fully saturated rings. The van der Waals surface area contributed by atoms with Crippen molar-refractivity contribution in [2.24, 2.45) is 17.3 Å². The number of nitrogens with one attached hydrogen (secondary N) is 1. The van der Waals surface area contributed by atoms with Crippen LogP contribution >= 0.6 is 11.3 Å². The van der Waals surface area contributed by atoms with E-state index in [0.29, 0.717) is 17.4 Å². The molecule has 1 aromatic rings. The maximum absolute atomic E-state index is 3.88. The van der Waals surface area contributed by atoms with Crippen molar-refractivity contribution >= 4 is 11.3 Å². The molecule has 1 N–H and O–H groups in total. The second-order valence-corrected chi connectivity index (χ2v) is 8.19. The Morgan fingerprint density at radius 2 is 2.00 bits per heavy atom. The summed E-state index contributed by atoms with van der Waals surface area (Å²) in [5.41, 5.74) is 0.392. The van der Waals surface area contributed by atoms with E-state index in [2.05, 4.69) is 50.5 Å². The lowest BCUT2D eigenvalue weighted by molar-refractivity contribution is 0.233. The molecular formula is C17H29NS. The highest BCUT2D eigenvalue weighted by atomic mass is 32.1. The largest absolute Gasteiger partial charge is 0.309 e. The van der Waals surface area contributed by atoms with Crippen molar-refractivity contribution in [3.05, 3.63) is 22.4 Å². The predicted molar refractivity (Wildman–Crippen MR) is 85.6 cm³/mol. The quantitative estimate of drug-likeness (QED) is 0.776. The molecule has 0 radical (unpaired) electrons. The highest BCUT2D eigenvalue weighted by molar-refractivity contribution is 7.10. The first kappa shape index (κ1) is 15.1. The Bertz CT molecular complexity index is 357. The van der Waals surface area contributed by atoms with E-state index in [9.17, 15) is 0 Å². The predicted octanol–water partition coefficient (Wildman–Crippen LogP) is 5.25. The van der Waals surface area contributed by atoms with Crippen LogP contribution < -0.4 is 5.32 Å². The summed E-state index contributed by atoms with van der Waals surface area (Å²) in [7, 11) is 0. The molecule has 19 heavy (non-hydrogen) atoms. The first-order chi connectivity index (χ1) is 8.98. The van der Waals surface area contributed by atoms with Crippen molar-refractivity contribution in [2.45, 2.75) is 59.4 Å². The Labute approximate surface area is 122 Å². The van der Waals surface area contributed by atoms with E-state index in [1.54, 1.807) is 0 Å². The van der Waals surface area contributed by atoms with Crippen LogP contribution in [0.25, 0.3) is 0 Å². The van der Waals surface area contributed by atoms with Crippen LogP contribution in [0.4, 0.5) is 0 Å². The molecule has 2 rings (SSSR count). The average Bonchev–Trinajstić information content (AvgIpc) is 3.00. The second-order valence-electron chi connectivity index (χ2n) is 7.21. The van der Waals surface area contributed by atoms with E-state index in [4.69, 9.17) is 0 Å². The molecule has 2 atom stereocenters. The van der Waals surface area contributed by atoms with Gasteiger partial charge in [0.1, 0.15) is 0 Å². The van der Waals surface area contributed by atoms with Gasteiger partial charge in [-0.1, -0.05) is 46.6 Å². The fourth-order valence-corrected chi connectivity index (χ4v) is 3.76. The van der Waals surface area contributed by atoms with E-state index < -0.39 is 0 Å². The van der Waals surface area contributed by atoms with Crippen LogP contribution in [0, 0.1) is 17.3 Å². The topological polar surface area (TPSA) is 12.0 Å². The molecule has 1 aromatic heterocycles. The van der Waals surface area contributed by atoms with E-state index in [1.807, 2.05) is 11.3 Å². The number of hydrogen-bond acceptors (Lipinski definition) is 2. The number of hydrogen-bond donors (Lipinski definition) is 1. The summed E-state index contributed by atoms with van der Waals surface area (Å²) in [6, 6.07) is 5.09. The standard InChI is InChI=1S/C17H29NS/c1-13(17(2,3)4)12-18-16(14-8-5-6-9-14)15-10-7-11-19-15/h7,10-11,13-14,16,18H,5-6,8-9,12H2,1-4H3. The summed E-state index contributed by atoms with van der Waals surface area (Å²) in [6.07, 6.45) is 5.64. The van der Waals surface area contributed by atoms with Crippen LogP contribution in [0.3, 0.4) is 0 Å². The summed E-state index contributed by atoms with van der Waals surface area (Å²) in [5, 5.41) is 6.10. The zero-order valence-electron chi connectivity index (χ0n) is 12.9. The molecule has 0 bridgehead atoms.